The first kappa shape index (κ1) is 20.5. The molecule has 5 nitrogen and oxygen atoms in total. The summed E-state index contributed by atoms with van der Waals surface area (Å²) < 4.78 is 20.1. The molecule has 0 atom stereocenters. The van der Waals surface area contributed by atoms with Crippen LogP contribution in [0.25, 0.3) is 0 Å². The lowest BCUT2D eigenvalue weighted by Crippen LogP contribution is -2.27. The van der Waals surface area contributed by atoms with Crippen molar-refractivity contribution < 1.29 is 13.9 Å². The number of rotatable bonds is 7. The summed E-state index contributed by atoms with van der Waals surface area (Å²) >= 11 is 0. The van der Waals surface area contributed by atoms with Crippen LogP contribution >= 0.6 is 0 Å². The van der Waals surface area contributed by atoms with Gasteiger partial charge in [0.15, 0.2) is 0 Å². The Morgan fingerprint density at radius 3 is 2.55 bits per heavy atom. The van der Waals surface area contributed by atoms with Crippen molar-refractivity contribution in [1.82, 2.24) is 9.88 Å². The van der Waals surface area contributed by atoms with Gasteiger partial charge in [-0.1, -0.05) is 12.1 Å². The number of nitrogens with two attached hydrogens (primary N) is 1. The Morgan fingerprint density at radius 1 is 1.14 bits per heavy atom. The van der Waals surface area contributed by atoms with E-state index in [1.807, 2.05) is 37.3 Å². The van der Waals surface area contributed by atoms with E-state index < -0.39 is 11.7 Å². The lowest BCUT2D eigenvalue weighted by Gasteiger charge is -2.19. The quantitative estimate of drug-likeness (QED) is 0.656. The first-order valence-electron chi connectivity index (χ1n) is 9.39. The van der Waals surface area contributed by atoms with Gasteiger partial charge in [-0.2, -0.15) is 0 Å². The van der Waals surface area contributed by atoms with Gasteiger partial charge in [0, 0.05) is 26.0 Å². The molecule has 0 aliphatic rings. The van der Waals surface area contributed by atoms with Gasteiger partial charge in [0.2, 0.25) is 0 Å². The maximum atomic E-state index is 14.4. The van der Waals surface area contributed by atoms with Crippen LogP contribution in [0.2, 0.25) is 0 Å². The van der Waals surface area contributed by atoms with E-state index in [9.17, 15) is 9.18 Å². The monoisotopic (exact) mass is 393 g/mol. The summed E-state index contributed by atoms with van der Waals surface area (Å²) in [5.74, 6) is 0.00719. The van der Waals surface area contributed by atoms with Gasteiger partial charge < -0.3 is 15.4 Å². The van der Waals surface area contributed by atoms with E-state index in [0.717, 1.165) is 23.1 Å². The molecule has 3 rings (SSSR count). The summed E-state index contributed by atoms with van der Waals surface area (Å²) in [5.41, 5.74) is 8.57. The van der Waals surface area contributed by atoms with Crippen LogP contribution in [0.1, 0.15) is 27.0 Å². The van der Waals surface area contributed by atoms with E-state index in [4.69, 9.17) is 10.5 Å². The van der Waals surface area contributed by atoms with Crippen LogP contribution in [0.5, 0.6) is 11.5 Å². The lowest BCUT2D eigenvalue weighted by atomic mass is 10.1. The summed E-state index contributed by atoms with van der Waals surface area (Å²) in [6.07, 6.45) is 4.20. The number of carbonyl (C=O) groups excluding carboxylic acids is 1. The fraction of sp³-hybridized carbons (Fsp3) is 0.217. The van der Waals surface area contributed by atoms with Crippen LogP contribution < -0.4 is 10.5 Å². The van der Waals surface area contributed by atoms with E-state index in [0.29, 0.717) is 24.6 Å². The minimum Gasteiger partial charge on any atom is -0.457 e. The number of nitrogens with zero attached hydrogens (tertiary/aromatic N) is 2. The van der Waals surface area contributed by atoms with Gasteiger partial charge >= 0.3 is 0 Å². The zero-order chi connectivity index (χ0) is 20.8. The number of hydrogen-bond acceptors (Lipinski definition) is 4. The molecule has 1 amide bonds. The Kier molecular flexibility index (Phi) is 6.57. The van der Waals surface area contributed by atoms with Crippen LogP contribution in [0.15, 0.2) is 60.9 Å². The SMILES string of the molecule is Cc1cnccc1CN(C)C(=O)c1cc(Oc2ccc(CCN)cc2)ccc1F. The third kappa shape index (κ3) is 5.18. The van der Waals surface area contributed by atoms with Gasteiger partial charge in [-0.15, -0.1) is 0 Å². The molecule has 6 heteroatoms. The van der Waals surface area contributed by atoms with E-state index in [-0.39, 0.29) is 5.56 Å². The first-order valence-corrected chi connectivity index (χ1v) is 9.39. The maximum Gasteiger partial charge on any atom is 0.257 e. The molecule has 29 heavy (non-hydrogen) atoms. The fourth-order valence-corrected chi connectivity index (χ4v) is 2.97. The number of carbonyl (C=O) groups is 1. The molecule has 1 aromatic heterocycles. The highest BCUT2D eigenvalue weighted by molar-refractivity contribution is 5.94. The van der Waals surface area contributed by atoms with Gasteiger partial charge in [0.1, 0.15) is 17.3 Å². The number of hydrogen-bond donors (Lipinski definition) is 1. The summed E-state index contributed by atoms with van der Waals surface area (Å²) in [6, 6.07) is 13.6. The second-order valence-electron chi connectivity index (χ2n) is 6.89. The zero-order valence-electron chi connectivity index (χ0n) is 16.6. The highest BCUT2D eigenvalue weighted by atomic mass is 19.1. The summed E-state index contributed by atoms with van der Waals surface area (Å²) in [7, 11) is 1.64. The zero-order valence-corrected chi connectivity index (χ0v) is 16.6. The predicted octanol–water partition coefficient (Wildman–Crippen LogP) is 4.09. The number of amides is 1. The van der Waals surface area contributed by atoms with Crippen molar-refractivity contribution in [2.24, 2.45) is 5.73 Å². The third-order valence-electron chi connectivity index (χ3n) is 4.65. The third-order valence-corrected chi connectivity index (χ3v) is 4.65. The van der Waals surface area contributed by atoms with Crippen LogP contribution in [0, 0.1) is 12.7 Å². The number of pyridine rings is 1. The molecule has 0 radical (unpaired) electrons. The number of aromatic nitrogens is 1. The normalized spacial score (nSPS) is 10.6. The number of benzene rings is 2. The van der Waals surface area contributed by atoms with Crippen LogP contribution in [-0.2, 0) is 13.0 Å². The molecule has 0 bridgehead atoms. The summed E-state index contributed by atoms with van der Waals surface area (Å²) in [4.78, 5) is 18.3. The molecule has 3 aromatic rings. The van der Waals surface area contributed by atoms with Gasteiger partial charge in [0.05, 0.1) is 5.56 Å². The molecule has 2 N–H and O–H groups in total. The average Bonchev–Trinajstić information content (AvgIpc) is 2.72. The Morgan fingerprint density at radius 2 is 1.86 bits per heavy atom. The van der Waals surface area contributed by atoms with E-state index in [1.165, 1.54) is 23.1 Å². The second kappa shape index (κ2) is 9.30. The minimum atomic E-state index is -0.584. The molecule has 0 unspecified atom stereocenters. The molecular weight excluding hydrogens is 369 g/mol. The van der Waals surface area contributed by atoms with Crippen LogP contribution in [-0.4, -0.2) is 29.4 Å². The van der Waals surface area contributed by atoms with Crippen LogP contribution in [0.4, 0.5) is 4.39 Å². The second-order valence-corrected chi connectivity index (χ2v) is 6.89. The number of ether oxygens (including phenoxy) is 1. The van der Waals surface area contributed by atoms with Gasteiger partial charge in [-0.3, -0.25) is 9.78 Å². The molecule has 0 aliphatic heterocycles. The van der Waals surface area contributed by atoms with Crippen molar-refractivity contribution in [3.8, 4) is 11.5 Å². The first-order chi connectivity index (χ1) is 14.0. The lowest BCUT2D eigenvalue weighted by molar-refractivity contribution is 0.0780. The molecule has 0 saturated heterocycles. The van der Waals surface area contributed by atoms with Crippen molar-refractivity contribution in [2.75, 3.05) is 13.6 Å². The Labute approximate surface area is 169 Å². The Bertz CT molecular complexity index is 990. The Balaban J connectivity index is 1.75. The molecule has 0 spiro atoms. The molecule has 2 aromatic carbocycles. The number of halogens is 1. The minimum absolute atomic E-state index is 0.0311. The maximum absolute atomic E-state index is 14.4. The summed E-state index contributed by atoms with van der Waals surface area (Å²) in [6.45, 7) is 2.87. The topological polar surface area (TPSA) is 68.5 Å². The summed E-state index contributed by atoms with van der Waals surface area (Å²) in [5, 5.41) is 0. The predicted molar refractivity (Wildman–Crippen MR) is 110 cm³/mol. The molecular formula is C23H24FN3O2. The Hall–Kier alpha value is -3.25. The molecule has 0 saturated carbocycles. The highest BCUT2D eigenvalue weighted by Crippen LogP contribution is 2.25. The molecule has 150 valence electrons. The van der Waals surface area contributed by atoms with E-state index >= 15 is 0 Å². The van der Waals surface area contributed by atoms with Crippen LogP contribution in [0.3, 0.4) is 0 Å². The van der Waals surface area contributed by atoms with Gasteiger partial charge in [-0.25, -0.2) is 4.39 Å². The van der Waals surface area contributed by atoms with Crippen molar-refractivity contribution >= 4 is 5.91 Å². The van der Waals surface area contributed by atoms with Crippen molar-refractivity contribution in [3.05, 3.63) is 89.0 Å². The molecule has 1 heterocycles. The van der Waals surface area contributed by atoms with Crippen molar-refractivity contribution in [2.45, 2.75) is 19.9 Å². The van der Waals surface area contributed by atoms with Crippen molar-refractivity contribution in [1.29, 1.82) is 0 Å². The standard InChI is InChI=1S/C23H24FN3O2/c1-16-14-26-12-10-18(16)15-27(2)23(28)21-13-20(7-8-22(21)24)29-19-5-3-17(4-6-19)9-11-25/h3-8,10,12-14H,9,11,15,25H2,1-2H3. The van der Waals surface area contributed by atoms with Gasteiger partial charge in [-0.05, 0) is 73.0 Å². The highest BCUT2D eigenvalue weighted by Gasteiger charge is 2.18. The molecule has 0 fully saturated rings. The molecule has 0 aliphatic carbocycles. The largest absolute Gasteiger partial charge is 0.457 e. The van der Waals surface area contributed by atoms with E-state index in [2.05, 4.69) is 4.98 Å². The van der Waals surface area contributed by atoms with Gasteiger partial charge in [0.25, 0.3) is 5.91 Å². The fourth-order valence-electron chi connectivity index (χ4n) is 2.97. The van der Waals surface area contributed by atoms with Crippen molar-refractivity contribution in [3.63, 3.8) is 0 Å². The van der Waals surface area contributed by atoms with E-state index in [1.54, 1.807) is 19.4 Å². The smallest absolute Gasteiger partial charge is 0.257 e. The number of aryl methyl sites for hydroxylation is 1. The average molecular weight is 393 g/mol.